The highest BCUT2D eigenvalue weighted by atomic mass is 35.5. The zero-order valence-electron chi connectivity index (χ0n) is 17.1. The summed E-state index contributed by atoms with van der Waals surface area (Å²) < 4.78 is 27.1. The molecular formula is C21H19ClF2N6OS. The second kappa shape index (κ2) is 8.25. The third-order valence-corrected chi connectivity index (χ3v) is 7.19. The molecule has 1 N–H and O–H groups in total. The van der Waals surface area contributed by atoms with E-state index < -0.39 is 13.0 Å². The molecule has 0 bridgehead atoms. The molecule has 4 aromatic heterocycles. The first-order chi connectivity index (χ1) is 15.4. The Balaban J connectivity index is 1.46. The minimum atomic E-state index is -2.54. The summed E-state index contributed by atoms with van der Waals surface area (Å²) in [6.07, 6.45) is 4.16. The van der Waals surface area contributed by atoms with E-state index in [9.17, 15) is 13.6 Å². The van der Waals surface area contributed by atoms with E-state index in [2.05, 4.69) is 20.4 Å². The largest absolute Gasteiger partial charge is 0.340 e. The highest BCUT2D eigenvalue weighted by molar-refractivity contribution is 7.19. The van der Waals surface area contributed by atoms with Crippen molar-refractivity contribution in [3.8, 4) is 0 Å². The predicted octanol–water partition coefficient (Wildman–Crippen LogP) is 4.56. The molecule has 166 valence electrons. The van der Waals surface area contributed by atoms with Crippen molar-refractivity contribution in [2.24, 2.45) is 5.92 Å². The lowest BCUT2D eigenvalue weighted by atomic mass is 9.87. The van der Waals surface area contributed by atoms with Crippen LogP contribution in [0.4, 0.5) is 20.3 Å². The highest BCUT2D eigenvalue weighted by Gasteiger charge is 2.31. The number of carbonyl (C=O) groups excluding carboxylic acids is 1. The van der Waals surface area contributed by atoms with Crippen LogP contribution in [-0.2, 0) is 17.6 Å². The number of nitrogens with zero attached hydrogens (tertiary/aromatic N) is 5. The van der Waals surface area contributed by atoms with Gasteiger partial charge in [0.2, 0.25) is 5.91 Å². The first kappa shape index (κ1) is 21.0. The smallest absolute Gasteiger partial charge is 0.255 e. The van der Waals surface area contributed by atoms with Gasteiger partial charge in [0.05, 0.1) is 28.2 Å². The number of carbonyl (C=O) groups is 1. The predicted molar refractivity (Wildman–Crippen MR) is 120 cm³/mol. The standard InChI is InChI=1S/C21H19ClF2N6OS/c1-29(9-17(23)24)21(31)11-2-3-13-16(6-11)32-20-18(13)19(25-10-26-20)28-15-7-12-4-5-27-30(12)8-14(15)22/h4-5,7-8,10-11,17H,2-3,6,9H2,1H3,(H,25,26,28). The number of amides is 1. The van der Waals surface area contributed by atoms with Crippen LogP contribution in [0, 0.1) is 5.92 Å². The summed E-state index contributed by atoms with van der Waals surface area (Å²) in [6.45, 7) is -0.545. The lowest BCUT2D eigenvalue weighted by Gasteiger charge is -2.26. The average Bonchev–Trinajstić information content (AvgIpc) is 3.36. The highest BCUT2D eigenvalue weighted by Crippen LogP contribution is 2.41. The van der Waals surface area contributed by atoms with Crippen LogP contribution in [-0.4, -0.2) is 50.4 Å². The van der Waals surface area contributed by atoms with E-state index in [0.717, 1.165) is 31.1 Å². The Morgan fingerprint density at radius 2 is 2.28 bits per heavy atom. The third kappa shape index (κ3) is 3.77. The molecule has 4 heterocycles. The van der Waals surface area contributed by atoms with Crippen LogP contribution in [0.3, 0.4) is 0 Å². The van der Waals surface area contributed by atoms with Crippen LogP contribution >= 0.6 is 22.9 Å². The second-order valence-electron chi connectivity index (χ2n) is 7.82. The van der Waals surface area contributed by atoms with Gasteiger partial charge in [0.1, 0.15) is 17.0 Å². The van der Waals surface area contributed by atoms with Gasteiger partial charge in [0, 0.05) is 30.2 Å². The monoisotopic (exact) mass is 476 g/mol. The Kier molecular flexibility index (Phi) is 5.42. The maximum absolute atomic E-state index is 12.7. The Morgan fingerprint density at radius 1 is 1.44 bits per heavy atom. The quantitative estimate of drug-likeness (QED) is 0.457. The minimum Gasteiger partial charge on any atom is -0.340 e. The fourth-order valence-electron chi connectivity index (χ4n) is 4.19. The number of fused-ring (bicyclic) bond motifs is 4. The number of aromatic nitrogens is 4. The normalized spacial score (nSPS) is 16.0. The number of alkyl halides is 2. The number of pyridine rings is 1. The fraction of sp³-hybridized carbons (Fsp3) is 0.333. The number of anilines is 2. The van der Waals surface area contributed by atoms with Gasteiger partial charge in [0.15, 0.2) is 0 Å². The van der Waals surface area contributed by atoms with Crippen LogP contribution in [0.25, 0.3) is 15.7 Å². The summed E-state index contributed by atoms with van der Waals surface area (Å²) in [4.78, 5) is 24.5. The first-order valence-electron chi connectivity index (χ1n) is 10.1. The van der Waals surface area contributed by atoms with Crippen LogP contribution in [0.1, 0.15) is 16.9 Å². The summed E-state index contributed by atoms with van der Waals surface area (Å²) >= 11 is 7.96. The summed E-state index contributed by atoms with van der Waals surface area (Å²) in [5, 5.41) is 8.94. The Labute approximate surface area is 191 Å². The van der Waals surface area contributed by atoms with Crippen molar-refractivity contribution >= 4 is 56.1 Å². The van der Waals surface area contributed by atoms with Crippen LogP contribution in [0.2, 0.25) is 5.02 Å². The minimum absolute atomic E-state index is 0.237. The SMILES string of the molecule is CN(CC(F)F)C(=O)C1CCc2c(sc3ncnc(Nc4cc5ccnn5cc4Cl)c23)C1. The van der Waals surface area contributed by atoms with Gasteiger partial charge in [-0.05, 0) is 37.0 Å². The molecule has 0 fully saturated rings. The molecule has 32 heavy (non-hydrogen) atoms. The lowest BCUT2D eigenvalue weighted by Crippen LogP contribution is -2.38. The van der Waals surface area contributed by atoms with Crippen molar-refractivity contribution < 1.29 is 13.6 Å². The first-order valence-corrected chi connectivity index (χ1v) is 11.3. The molecule has 4 aromatic rings. The van der Waals surface area contributed by atoms with Gasteiger partial charge < -0.3 is 10.2 Å². The molecule has 1 aliphatic rings. The Hall–Kier alpha value is -2.85. The van der Waals surface area contributed by atoms with E-state index in [1.807, 2.05) is 12.1 Å². The molecule has 0 saturated heterocycles. The number of hydrogen-bond donors (Lipinski definition) is 1. The molecule has 1 atom stereocenters. The molecule has 0 aliphatic heterocycles. The van der Waals surface area contributed by atoms with Crippen molar-refractivity contribution in [3.05, 3.63) is 46.3 Å². The number of halogens is 3. The topological polar surface area (TPSA) is 75.4 Å². The number of rotatable bonds is 5. The fourth-order valence-corrected chi connectivity index (χ4v) is 5.65. The van der Waals surface area contributed by atoms with Gasteiger partial charge in [-0.15, -0.1) is 11.3 Å². The van der Waals surface area contributed by atoms with Gasteiger partial charge in [0.25, 0.3) is 6.43 Å². The number of thiophene rings is 1. The van der Waals surface area contributed by atoms with E-state index in [1.54, 1.807) is 16.9 Å². The van der Waals surface area contributed by atoms with Crippen molar-refractivity contribution in [1.29, 1.82) is 0 Å². The summed E-state index contributed by atoms with van der Waals surface area (Å²) in [5.41, 5.74) is 2.70. The molecule has 0 radical (unpaired) electrons. The molecule has 0 saturated carbocycles. The molecular weight excluding hydrogens is 458 g/mol. The van der Waals surface area contributed by atoms with E-state index in [1.165, 1.54) is 24.7 Å². The summed E-state index contributed by atoms with van der Waals surface area (Å²) in [7, 11) is 1.43. The average molecular weight is 477 g/mol. The maximum atomic E-state index is 12.7. The number of hydrogen-bond acceptors (Lipinski definition) is 6. The van der Waals surface area contributed by atoms with Gasteiger partial charge in [-0.2, -0.15) is 5.10 Å². The lowest BCUT2D eigenvalue weighted by molar-refractivity contribution is -0.136. The molecule has 1 amide bonds. The third-order valence-electron chi connectivity index (χ3n) is 5.72. The van der Waals surface area contributed by atoms with Crippen LogP contribution in [0.5, 0.6) is 0 Å². The van der Waals surface area contributed by atoms with Gasteiger partial charge in [-0.25, -0.2) is 23.3 Å². The van der Waals surface area contributed by atoms with Crippen LogP contribution in [0.15, 0.2) is 30.9 Å². The summed E-state index contributed by atoms with van der Waals surface area (Å²) in [5.74, 6) is 0.110. The van der Waals surface area contributed by atoms with Crippen molar-refractivity contribution in [2.45, 2.75) is 25.7 Å². The maximum Gasteiger partial charge on any atom is 0.255 e. The van der Waals surface area contributed by atoms with Crippen LogP contribution < -0.4 is 5.32 Å². The molecule has 1 aliphatic carbocycles. The summed E-state index contributed by atoms with van der Waals surface area (Å²) in [6, 6.07) is 3.78. The van der Waals surface area contributed by atoms with E-state index >= 15 is 0 Å². The molecule has 5 rings (SSSR count). The van der Waals surface area contributed by atoms with Gasteiger partial charge in [-0.3, -0.25) is 4.79 Å². The zero-order valence-corrected chi connectivity index (χ0v) is 18.6. The van der Waals surface area contributed by atoms with Crippen molar-refractivity contribution in [1.82, 2.24) is 24.5 Å². The van der Waals surface area contributed by atoms with E-state index in [0.29, 0.717) is 35.8 Å². The molecule has 1 unspecified atom stereocenters. The van der Waals surface area contributed by atoms with E-state index in [4.69, 9.17) is 11.6 Å². The molecule has 0 aromatic carbocycles. The van der Waals surface area contributed by atoms with Gasteiger partial charge in [-0.1, -0.05) is 11.6 Å². The number of aryl methyl sites for hydroxylation is 1. The Bertz CT molecular complexity index is 1320. The molecule has 11 heteroatoms. The zero-order chi connectivity index (χ0) is 22.4. The molecule has 0 spiro atoms. The Morgan fingerprint density at radius 3 is 3.09 bits per heavy atom. The van der Waals surface area contributed by atoms with E-state index in [-0.39, 0.29) is 11.8 Å². The number of nitrogens with one attached hydrogen (secondary N) is 1. The van der Waals surface area contributed by atoms with Crippen molar-refractivity contribution in [3.63, 3.8) is 0 Å². The molecule has 7 nitrogen and oxygen atoms in total. The van der Waals surface area contributed by atoms with Crippen molar-refractivity contribution in [2.75, 3.05) is 18.9 Å². The second-order valence-corrected chi connectivity index (χ2v) is 9.31. The van der Waals surface area contributed by atoms with Gasteiger partial charge >= 0.3 is 0 Å².